The summed E-state index contributed by atoms with van der Waals surface area (Å²) in [6, 6.07) is -0.410. The molecule has 0 atom stereocenters. The summed E-state index contributed by atoms with van der Waals surface area (Å²) in [6.45, 7) is 2.91. The summed E-state index contributed by atoms with van der Waals surface area (Å²) < 4.78 is 0.307. The largest absolute Gasteiger partial charge is 0.354 e. The lowest BCUT2D eigenvalue weighted by molar-refractivity contribution is -0.197. The summed E-state index contributed by atoms with van der Waals surface area (Å²) in [5, 5.41) is 8.50. The minimum atomic E-state index is -0.738. The van der Waals surface area contributed by atoms with Gasteiger partial charge in [0, 0.05) is 58.4 Å². The van der Waals surface area contributed by atoms with Gasteiger partial charge in [-0.15, -0.1) is 5.06 Å². The van der Waals surface area contributed by atoms with Gasteiger partial charge in [-0.3, -0.25) is 19.2 Å². The predicted octanol–water partition coefficient (Wildman–Crippen LogP) is -0.537. The molecular formula is C18H28IN5O7. The number of alkyl halides is 1. The highest BCUT2D eigenvalue weighted by atomic mass is 127. The number of hydrogen-bond acceptors (Lipinski definition) is 7. The third kappa shape index (κ3) is 10.4. The molecule has 3 N–H and O–H groups in total. The molecule has 174 valence electrons. The number of imide groups is 1. The Morgan fingerprint density at radius 3 is 2.10 bits per heavy atom. The van der Waals surface area contributed by atoms with Crippen LogP contribution in [0.2, 0.25) is 0 Å². The summed E-state index contributed by atoms with van der Waals surface area (Å²) >= 11 is 1.93. The molecule has 0 radical (unpaired) electrons. The Morgan fingerprint density at radius 1 is 0.968 bits per heavy atom. The van der Waals surface area contributed by atoms with E-state index < -0.39 is 23.8 Å². The third-order valence-corrected chi connectivity index (χ3v) is 4.86. The summed E-state index contributed by atoms with van der Waals surface area (Å²) in [4.78, 5) is 76.0. The molecule has 1 aliphatic heterocycles. The topological polar surface area (TPSA) is 154 Å². The van der Waals surface area contributed by atoms with Crippen molar-refractivity contribution in [1.29, 1.82) is 0 Å². The zero-order valence-corrected chi connectivity index (χ0v) is 19.6. The van der Waals surface area contributed by atoms with E-state index in [1.807, 2.05) is 22.6 Å². The fourth-order valence-electron chi connectivity index (χ4n) is 2.49. The summed E-state index contributed by atoms with van der Waals surface area (Å²) in [6.07, 6.45) is 0.537. The standard InChI is InChI=1S/C18H28IN5O7/c1-2-13(25)20-8-10-23(11-9-21-14(26)12-19)18(30)22-7-3-4-17(29)31-24-15(27)5-6-16(24)28/h2-12H2,1H3,(H,20,25)(H,21,26)(H,22,30). The maximum Gasteiger partial charge on any atom is 0.333 e. The van der Waals surface area contributed by atoms with Crippen LogP contribution < -0.4 is 16.0 Å². The lowest BCUT2D eigenvalue weighted by Crippen LogP contribution is -2.47. The van der Waals surface area contributed by atoms with Crippen LogP contribution in [0.5, 0.6) is 0 Å². The number of amides is 6. The second kappa shape index (κ2) is 14.5. The van der Waals surface area contributed by atoms with Crippen molar-refractivity contribution in [2.75, 3.05) is 37.2 Å². The normalized spacial score (nSPS) is 13.0. The maximum absolute atomic E-state index is 12.4. The summed E-state index contributed by atoms with van der Waals surface area (Å²) in [7, 11) is 0. The number of carbonyl (C=O) groups excluding carboxylic acids is 6. The van der Waals surface area contributed by atoms with Crippen molar-refractivity contribution in [2.24, 2.45) is 0 Å². The van der Waals surface area contributed by atoms with E-state index in [0.717, 1.165) is 0 Å². The Kier molecular flexibility index (Phi) is 12.5. The molecule has 1 aliphatic rings. The van der Waals surface area contributed by atoms with E-state index in [2.05, 4.69) is 16.0 Å². The summed E-state index contributed by atoms with van der Waals surface area (Å²) in [5.41, 5.74) is 0. The molecule has 0 aromatic rings. The van der Waals surface area contributed by atoms with Crippen molar-refractivity contribution in [1.82, 2.24) is 25.9 Å². The second-order valence-electron chi connectivity index (χ2n) is 6.55. The van der Waals surface area contributed by atoms with Crippen LogP contribution in [0.25, 0.3) is 0 Å². The molecule has 12 nitrogen and oxygen atoms in total. The van der Waals surface area contributed by atoms with Crippen LogP contribution in [0.1, 0.15) is 39.0 Å². The minimum Gasteiger partial charge on any atom is -0.354 e. The molecule has 31 heavy (non-hydrogen) atoms. The van der Waals surface area contributed by atoms with E-state index in [4.69, 9.17) is 4.84 Å². The Labute approximate surface area is 193 Å². The number of urea groups is 1. The van der Waals surface area contributed by atoms with E-state index in [1.54, 1.807) is 6.92 Å². The second-order valence-corrected chi connectivity index (χ2v) is 7.32. The van der Waals surface area contributed by atoms with Gasteiger partial charge in [0.15, 0.2) is 0 Å². The molecule has 13 heteroatoms. The number of hydroxylamine groups is 2. The Morgan fingerprint density at radius 2 is 1.55 bits per heavy atom. The third-order valence-electron chi connectivity index (χ3n) is 4.17. The van der Waals surface area contributed by atoms with E-state index >= 15 is 0 Å². The maximum atomic E-state index is 12.4. The van der Waals surface area contributed by atoms with Crippen LogP contribution in [0.3, 0.4) is 0 Å². The van der Waals surface area contributed by atoms with Gasteiger partial charge < -0.3 is 25.7 Å². The predicted molar refractivity (Wildman–Crippen MR) is 117 cm³/mol. The first-order valence-corrected chi connectivity index (χ1v) is 11.5. The van der Waals surface area contributed by atoms with Gasteiger partial charge in [-0.2, -0.15) is 0 Å². The number of nitrogens with zero attached hydrogens (tertiary/aromatic N) is 2. The molecule has 0 aliphatic carbocycles. The van der Waals surface area contributed by atoms with Crippen LogP contribution in [0, 0.1) is 0 Å². The first kappa shape index (κ1) is 26.6. The number of hydrogen-bond donors (Lipinski definition) is 3. The number of carbonyl (C=O) groups is 6. The average Bonchev–Trinajstić information content (AvgIpc) is 3.06. The fourth-order valence-corrected chi connectivity index (χ4v) is 2.76. The molecule has 0 saturated carbocycles. The molecule has 6 amide bonds. The van der Waals surface area contributed by atoms with E-state index in [1.165, 1.54) is 4.90 Å². The molecule has 1 saturated heterocycles. The van der Waals surface area contributed by atoms with Crippen molar-refractivity contribution < 1.29 is 33.6 Å². The van der Waals surface area contributed by atoms with E-state index in [-0.39, 0.29) is 70.2 Å². The minimum absolute atomic E-state index is 0.0228. The van der Waals surface area contributed by atoms with Crippen LogP contribution in [0.15, 0.2) is 0 Å². The van der Waals surface area contributed by atoms with Gasteiger partial charge in [0.25, 0.3) is 11.8 Å². The highest BCUT2D eigenvalue weighted by Gasteiger charge is 2.32. The number of rotatable bonds is 13. The van der Waals surface area contributed by atoms with Crippen molar-refractivity contribution in [3.63, 3.8) is 0 Å². The Bertz CT molecular complexity index is 650. The first-order chi connectivity index (χ1) is 14.8. The molecule has 0 unspecified atom stereocenters. The summed E-state index contributed by atoms with van der Waals surface area (Å²) in [5.74, 6) is -2.11. The molecule has 0 spiro atoms. The quantitative estimate of drug-likeness (QED) is 0.120. The van der Waals surface area contributed by atoms with Crippen molar-refractivity contribution >= 4 is 58.2 Å². The fraction of sp³-hybridized carbons (Fsp3) is 0.667. The molecule has 0 aromatic carbocycles. The van der Waals surface area contributed by atoms with Crippen molar-refractivity contribution in [3.8, 4) is 0 Å². The van der Waals surface area contributed by atoms with Gasteiger partial charge in [0.05, 0.1) is 4.43 Å². The van der Waals surface area contributed by atoms with Gasteiger partial charge in [-0.05, 0) is 6.42 Å². The highest BCUT2D eigenvalue weighted by molar-refractivity contribution is 14.1. The zero-order chi connectivity index (χ0) is 23.2. The number of nitrogens with one attached hydrogen (secondary N) is 3. The molecule has 0 aromatic heterocycles. The van der Waals surface area contributed by atoms with Crippen LogP contribution in [-0.2, 0) is 28.8 Å². The Balaban J connectivity index is 2.38. The highest BCUT2D eigenvalue weighted by Crippen LogP contribution is 2.12. The SMILES string of the molecule is CCC(=O)NCCN(CCNC(=O)CI)C(=O)NCCCC(=O)ON1C(=O)CCC1=O. The van der Waals surface area contributed by atoms with Gasteiger partial charge in [-0.1, -0.05) is 29.5 Å². The number of halogens is 1. The Hall–Kier alpha value is -2.45. The van der Waals surface area contributed by atoms with Crippen LogP contribution in [-0.4, -0.2) is 82.7 Å². The lowest BCUT2D eigenvalue weighted by Gasteiger charge is -2.23. The van der Waals surface area contributed by atoms with E-state index in [0.29, 0.717) is 15.9 Å². The molecular weight excluding hydrogens is 525 g/mol. The van der Waals surface area contributed by atoms with Crippen LogP contribution in [0.4, 0.5) is 4.79 Å². The first-order valence-electron chi connectivity index (χ1n) is 9.97. The monoisotopic (exact) mass is 553 g/mol. The molecule has 1 rings (SSSR count). The van der Waals surface area contributed by atoms with E-state index in [9.17, 15) is 28.8 Å². The van der Waals surface area contributed by atoms with Crippen LogP contribution >= 0.6 is 22.6 Å². The van der Waals surface area contributed by atoms with Gasteiger partial charge in [0.2, 0.25) is 11.8 Å². The smallest absolute Gasteiger partial charge is 0.333 e. The zero-order valence-electron chi connectivity index (χ0n) is 17.4. The molecule has 0 bridgehead atoms. The lowest BCUT2D eigenvalue weighted by atomic mass is 10.3. The van der Waals surface area contributed by atoms with Crippen molar-refractivity contribution in [2.45, 2.75) is 39.0 Å². The van der Waals surface area contributed by atoms with Gasteiger partial charge in [0.1, 0.15) is 0 Å². The van der Waals surface area contributed by atoms with Crippen molar-refractivity contribution in [3.05, 3.63) is 0 Å². The van der Waals surface area contributed by atoms with Gasteiger partial charge >= 0.3 is 12.0 Å². The average molecular weight is 553 g/mol. The molecule has 1 heterocycles. The van der Waals surface area contributed by atoms with Gasteiger partial charge in [-0.25, -0.2) is 9.59 Å². The molecule has 1 fully saturated rings.